The topological polar surface area (TPSA) is 34.2 Å². The van der Waals surface area contributed by atoms with Crippen LogP contribution in [-0.4, -0.2) is 18.4 Å². The molecule has 0 radical (unpaired) electrons. The Hall–Kier alpha value is -2.08. The Balaban J connectivity index is 2.08. The molecule has 0 aliphatic heterocycles. The van der Waals surface area contributed by atoms with Gasteiger partial charge >= 0.3 is 6.36 Å². The van der Waals surface area contributed by atoms with Gasteiger partial charge in [-0.1, -0.05) is 12.1 Å². The van der Waals surface area contributed by atoms with Crippen molar-refractivity contribution in [2.75, 3.05) is 7.05 Å². The molecule has 112 valence electrons. The number of hydrogen-bond donors (Lipinski definition) is 1. The maximum atomic E-state index is 12.1. The minimum atomic E-state index is -4.67. The lowest BCUT2D eigenvalue weighted by Crippen LogP contribution is -2.19. The highest BCUT2D eigenvalue weighted by atomic mass is 19.4. The number of benzene rings is 1. The molecule has 1 unspecified atom stereocenters. The van der Waals surface area contributed by atoms with Gasteiger partial charge in [0.25, 0.3) is 0 Å². The van der Waals surface area contributed by atoms with Crippen molar-refractivity contribution >= 4 is 0 Å². The molecule has 1 aromatic carbocycles. The summed E-state index contributed by atoms with van der Waals surface area (Å²) in [7, 11) is 1.81. The predicted octanol–water partition coefficient (Wildman–Crippen LogP) is 3.48. The van der Waals surface area contributed by atoms with Crippen LogP contribution < -0.4 is 10.1 Å². The Labute approximate surface area is 120 Å². The summed E-state index contributed by atoms with van der Waals surface area (Å²) in [5, 5.41) is 3.15. The molecule has 0 spiro atoms. The molecule has 0 bridgehead atoms. The van der Waals surface area contributed by atoms with Crippen LogP contribution in [0.25, 0.3) is 0 Å². The van der Waals surface area contributed by atoms with Crippen molar-refractivity contribution in [1.29, 1.82) is 0 Å². The van der Waals surface area contributed by atoms with Crippen LogP contribution in [0, 0.1) is 0 Å². The van der Waals surface area contributed by atoms with Gasteiger partial charge in [-0.2, -0.15) is 0 Å². The van der Waals surface area contributed by atoms with Crippen molar-refractivity contribution in [3.63, 3.8) is 0 Å². The van der Waals surface area contributed by atoms with Crippen LogP contribution in [0.15, 0.2) is 48.8 Å². The number of hydrogen-bond acceptors (Lipinski definition) is 3. The van der Waals surface area contributed by atoms with Crippen LogP contribution in [0.2, 0.25) is 0 Å². The van der Waals surface area contributed by atoms with Crippen LogP contribution in [0.5, 0.6) is 5.75 Å². The quantitative estimate of drug-likeness (QED) is 0.917. The van der Waals surface area contributed by atoms with Crippen molar-refractivity contribution in [3.8, 4) is 5.75 Å². The van der Waals surface area contributed by atoms with E-state index < -0.39 is 6.36 Å². The first-order chi connectivity index (χ1) is 9.98. The zero-order valence-corrected chi connectivity index (χ0v) is 11.4. The number of ether oxygens (including phenoxy) is 1. The highest BCUT2D eigenvalue weighted by Crippen LogP contribution is 2.25. The second kappa shape index (κ2) is 6.58. The van der Waals surface area contributed by atoms with E-state index in [1.54, 1.807) is 24.5 Å². The van der Waals surface area contributed by atoms with E-state index in [9.17, 15) is 13.2 Å². The van der Waals surface area contributed by atoms with Gasteiger partial charge < -0.3 is 10.1 Å². The number of pyridine rings is 1. The number of nitrogens with zero attached hydrogens (tertiary/aromatic N) is 1. The molecule has 2 rings (SSSR count). The Morgan fingerprint density at radius 3 is 2.24 bits per heavy atom. The molecule has 0 saturated heterocycles. The maximum absolute atomic E-state index is 12.1. The van der Waals surface area contributed by atoms with Gasteiger partial charge in [-0.3, -0.25) is 4.98 Å². The Bertz CT molecular complexity index is 555. The third kappa shape index (κ3) is 4.75. The van der Waals surface area contributed by atoms with E-state index in [4.69, 9.17) is 0 Å². The average Bonchev–Trinajstić information content (AvgIpc) is 2.45. The van der Waals surface area contributed by atoms with E-state index >= 15 is 0 Å². The number of aromatic nitrogens is 1. The molecular formula is C15H15F3N2O. The largest absolute Gasteiger partial charge is 0.573 e. The molecule has 6 heteroatoms. The third-order valence-corrected chi connectivity index (χ3v) is 3.05. The van der Waals surface area contributed by atoms with Crippen LogP contribution in [0.3, 0.4) is 0 Å². The first-order valence-corrected chi connectivity index (χ1v) is 6.40. The SMILES string of the molecule is CNC(Cc1ccncc1)c1ccc(OC(F)(F)F)cc1. The van der Waals surface area contributed by atoms with E-state index in [0.717, 1.165) is 17.5 Å². The van der Waals surface area contributed by atoms with Crippen molar-refractivity contribution in [1.82, 2.24) is 10.3 Å². The lowest BCUT2D eigenvalue weighted by Gasteiger charge is -2.17. The standard InChI is InChI=1S/C15H15F3N2O/c1-19-14(10-11-6-8-20-9-7-11)12-2-4-13(5-3-12)21-15(16,17)18/h2-9,14,19H,10H2,1H3. The summed E-state index contributed by atoms with van der Waals surface area (Å²) in [5.41, 5.74) is 1.99. The molecule has 0 aliphatic rings. The summed E-state index contributed by atoms with van der Waals surface area (Å²) in [6.45, 7) is 0. The van der Waals surface area contributed by atoms with E-state index in [-0.39, 0.29) is 11.8 Å². The van der Waals surface area contributed by atoms with Gasteiger partial charge in [0, 0.05) is 18.4 Å². The predicted molar refractivity (Wildman–Crippen MR) is 72.9 cm³/mol. The summed E-state index contributed by atoms with van der Waals surface area (Å²) < 4.78 is 40.2. The number of nitrogens with one attached hydrogen (secondary N) is 1. The molecule has 21 heavy (non-hydrogen) atoms. The average molecular weight is 296 g/mol. The molecule has 0 fully saturated rings. The smallest absolute Gasteiger partial charge is 0.406 e. The van der Waals surface area contributed by atoms with Crippen molar-refractivity contribution in [3.05, 3.63) is 59.9 Å². The molecule has 2 aromatic rings. The van der Waals surface area contributed by atoms with Crippen LogP contribution in [0.1, 0.15) is 17.2 Å². The van der Waals surface area contributed by atoms with E-state index in [0.29, 0.717) is 0 Å². The normalized spacial score (nSPS) is 13.0. The lowest BCUT2D eigenvalue weighted by atomic mass is 9.99. The second-order valence-corrected chi connectivity index (χ2v) is 4.52. The first-order valence-electron chi connectivity index (χ1n) is 6.40. The van der Waals surface area contributed by atoms with Crippen LogP contribution in [-0.2, 0) is 6.42 Å². The number of rotatable bonds is 5. The minimum Gasteiger partial charge on any atom is -0.406 e. The third-order valence-electron chi connectivity index (χ3n) is 3.05. The molecule has 3 nitrogen and oxygen atoms in total. The summed E-state index contributed by atoms with van der Waals surface area (Å²) >= 11 is 0. The lowest BCUT2D eigenvalue weighted by molar-refractivity contribution is -0.274. The second-order valence-electron chi connectivity index (χ2n) is 4.52. The van der Waals surface area contributed by atoms with E-state index in [2.05, 4.69) is 15.0 Å². The summed E-state index contributed by atoms with van der Waals surface area (Å²) in [6, 6.07) is 9.72. The van der Waals surface area contributed by atoms with Gasteiger partial charge in [0.1, 0.15) is 5.75 Å². The van der Waals surface area contributed by atoms with E-state index in [1.165, 1.54) is 12.1 Å². The summed E-state index contributed by atoms with van der Waals surface area (Å²) in [5.74, 6) is -0.218. The number of likely N-dealkylation sites (N-methyl/N-ethyl adjacent to an activating group) is 1. The van der Waals surface area contributed by atoms with Gasteiger partial charge in [0.05, 0.1) is 0 Å². The van der Waals surface area contributed by atoms with Gasteiger partial charge in [-0.05, 0) is 48.9 Å². The first kappa shape index (κ1) is 15.3. The Morgan fingerprint density at radius 2 is 1.71 bits per heavy atom. The van der Waals surface area contributed by atoms with Gasteiger partial charge in [-0.25, -0.2) is 0 Å². The summed E-state index contributed by atoms with van der Waals surface area (Å²) in [6.07, 6.45) is -0.524. The number of alkyl halides is 3. The van der Waals surface area contributed by atoms with Crippen LogP contribution >= 0.6 is 0 Å². The van der Waals surface area contributed by atoms with Crippen LogP contribution in [0.4, 0.5) is 13.2 Å². The molecule has 1 atom stereocenters. The van der Waals surface area contributed by atoms with E-state index in [1.807, 2.05) is 19.2 Å². The fourth-order valence-electron chi connectivity index (χ4n) is 2.04. The molecule has 1 aromatic heterocycles. The Kier molecular flexibility index (Phi) is 4.80. The van der Waals surface area contributed by atoms with Crippen molar-refractivity contribution in [2.45, 2.75) is 18.8 Å². The molecule has 0 saturated carbocycles. The van der Waals surface area contributed by atoms with Crippen molar-refractivity contribution in [2.24, 2.45) is 0 Å². The molecular weight excluding hydrogens is 281 g/mol. The zero-order chi connectivity index (χ0) is 15.3. The fraction of sp³-hybridized carbons (Fsp3) is 0.267. The minimum absolute atomic E-state index is 0.00679. The molecule has 1 heterocycles. The van der Waals surface area contributed by atoms with Crippen molar-refractivity contribution < 1.29 is 17.9 Å². The van der Waals surface area contributed by atoms with Gasteiger partial charge in [0.2, 0.25) is 0 Å². The Morgan fingerprint density at radius 1 is 1.10 bits per heavy atom. The highest BCUT2D eigenvalue weighted by Gasteiger charge is 2.31. The molecule has 0 amide bonds. The summed E-state index contributed by atoms with van der Waals surface area (Å²) in [4.78, 5) is 3.95. The monoisotopic (exact) mass is 296 g/mol. The number of halogens is 3. The van der Waals surface area contributed by atoms with Gasteiger partial charge in [0.15, 0.2) is 0 Å². The molecule has 1 N–H and O–H groups in total. The fourth-order valence-corrected chi connectivity index (χ4v) is 2.04. The highest BCUT2D eigenvalue weighted by molar-refractivity contribution is 5.30. The maximum Gasteiger partial charge on any atom is 0.573 e. The van der Waals surface area contributed by atoms with Gasteiger partial charge in [-0.15, -0.1) is 13.2 Å². The zero-order valence-electron chi connectivity index (χ0n) is 11.4. The molecule has 0 aliphatic carbocycles.